The molecule has 3 aromatic rings. The SMILES string of the molecule is CC(=O)n1c2c(c3ccccc31)OC(N)=C(C#N)C2c1cccc([N+](=O)[O-])c1. The smallest absolute Gasteiger partial charge is 0.269 e. The number of benzene rings is 2. The fraction of sp³-hybridized carbons (Fsp3) is 0.100. The van der Waals surface area contributed by atoms with Gasteiger partial charge in [-0.15, -0.1) is 0 Å². The fourth-order valence-electron chi connectivity index (χ4n) is 3.64. The van der Waals surface area contributed by atoms with Gasteiger partial charge < -0.3 is 10.5 Å². The number of non-ortho nitro benzene ring substituents is 1. The van der Waals surface area contributed by atoms with Crippen molar-refractivity contribution in [3.05, 3.63) is 81.4 Å². The molecule has 28 heavy (non-hydrogen) atoms. The van der Waals surface area contributed by atoms with Crippen molar-refractivity contribution in [1.82, 2.24) is 4.57 Å². The van der Waals surface area contributed by atoms with Crippen LogP contribution in [0.4, 0.5) is 5.69 Å². The Morgan fingerprint density at radius 3 is 2.71 bits per heavy atom. The van der Waals surface area contributed by atoms with Crippen LogP contribution in [-0.2, 0) is 0 Å². The first-order valence-electron chi connectivity index (χ1n) is 8.40. The normalized spacial score (nSPS) is 15.6. The van der Waals surface area contributed by atoms with Gasteiger partial charge in [0.05, 0.1) is 22.1 Å². The molecule has 1 aliphatic rings. The molecule has 1 unspecified atom stereocenters. The highest BCUT2D eigenvalue weighted by molar-refractivity contribution is 5.98. The molecule has 1 atom stereocenters. The Kier molecular flexibility index (Phi) is 3.86. The van der Waals surface area contributed by atoms with Gasteiger partial charge in [0.25, 0.3) is 5.69 Å². The Morgan fingerprint density at radius 1 is 1.29 bits per heavy atom. The molecule has 0 amide bonds. The van der Waals surface area contributed by atoms with Crippen LogP contribution < -0.4 is 10.5 Å². The van der Waals surface area contributed by atoms with Gasteiger partial charge in [0.15, 0.2) is 5.75 Å². The summed E-state index contributed by atoms with van der Waals surface area (Å²) in [5.41, 5.74) is 7.51. The molecule has 0 spiro atoms. The van der Waals surface area contributed by atoms with Gasteiger partial charge in [0.2, 0.25) is 11.8 Å². The Labute approximate surface area is 159 Å². The van der Waals surface area contributed by atoms with Crippen LogP contribution in [0, 0.1) is 21.4 Å². The van der Waals surface area contributed by atoms with Crippen molar-refractivity contribution in [2.45, 2.75) is 12.8 Å². The molecule has 0 saturated heterocycles. The Bertz CT molecular complexity index is 1230. The Hall–Kier alpha value is -4.12. The fourth-order valence-corrected chi connectivity index (χ4v) is 3.64. The van der Waals surface area contributed by atoms with Crippen LogP contribution in [-0.4, -0.2) is 15.4 Å². The van der Waals surface area contributed by atoms with Gasteiger partial charge in [0.1, 0.15) is 11.6 Å². The quantitative estimate of drug-likeness (QED) is 0.541. The van der Waals surface area contributed by atoms with E-state index in [9.17, 15) is 20.2 Å². The van der Waals surface area contributed by atoms with Gasteiger partial charge in [-0.1, -0.05) is 24.3 Å². The predicted molar refractivity (Wildman–Crippen MR) is 101 cm³/mol. The van der Waals surface area contributed by atoms with Crippen molar-refractivity contribution < 1.29 is 14.5 Å². The van der Waals surface area contributed by atoms with Crippen molar-refractivity contribution in [3.63, 3.8) is 0 Å². The topological polar surface area (TPSA) is 124 Å². The molecule has 8 nitrogen and oxygen atoms in total. The van der Waals surface area contributed by atoms with Gasteiger partial charge in [-0.05, 0) is 17.7 Å². The van der Waals surface area contributed by atoms with Crippen LogP contribution in [0.5, 0.6) is 5.75 Å². The van der Waals surface area contributed by atoms with E-state index in [-0.39, 0.29) is 23.1 Å². The summed E-state index contributed by atoms with van der Waals surface area (Å²) in [6.07, 6.45) is 0. The average Bonchev–Trinajstić information content (AvgIpc) is 3.01. The minimum atomic E-state index is -0.773. The van der Waals surface area contributed by atoms with Crippen LogP contribution >= 0.6 is 0 Å². The summed E-state index contributed by atoms with van der Waals surface area (Å²) in [7, 11) is 0. The number of allylic oxidation sites excluding steroid dienone is 1. The standard InChI is InChI=1S/C20H14N4O4/c1-11(25)23-16-8-3-2-7-14(16)19-18(23)17(15(10-21)20(22)28-19)12-5-4-6-13(9-12)24(26)27/h2-9,17H,22H2,1H3. The van der Waals surface area contributed by atoms with E-state index in [1.165, 1.54) is 29.7 Å². The highest BCUT2D eigenvalue weighted by Crippen LogP contribution is 2.47. The molecule has 0 fully saturated rings. The lowest BCUT2D eigenvalue weighted by atomic mass is 9.86. The zero-order chi connectivity index (χ0) is 20.0. The van der Waals surface area contributed by atoms with Crippen LogP contribution in [0.25, 0.3) is 10.9 Å². The van der Waals surface area contributed by atoms with Crippen LogP contribution in [0.1, 0.15) is 28.9 Å². The Morgan fingerprint density at radius 2 is 2.04 bits per heavy atom. The van der Waals surface area contributed by atoms with E-state index in [1.54, 1.807) is 30.3 Å². The molecule has 4 rings (SSSR count). The number of fused-ring (bicyclic) bond motifs is 3. The number of hydrogen-bond acceptors (Lipinski definition) is 6. The van der Waals surface area contributed by atoms with E-state index < -0.39 is 10.8 Å². The number of carbonyl (C=O) groups excluding carboxylic acids is 1. The molecular formula is C20H14N4O4. The van der Waals surface area contributed by atoms with Crippen molar-refractivity contribution in [2.75, 3.05) is 0 Å². The lowest BCUT2D eigenvalue weighted by Crippen LogP contribution is -2.24. The summed E-state index contributed by atoms with van der Waals surface area (Å²) >= 11 is 0. The summed E-state index contributed by atoms with van der Waals surface area (Å²) in [6.45, 7) is 1.41. The van der Waals surface area contributed by atoms with E-state index in [1.807, 2.05) is 6.07 Å². The minimum Gasteiger partial charge on any atom is -0.438 e. The first kappa shape index (κ1) is 17.3. The number of nitriles is 1. The van der Waals surface area contributed by atoms with E-state index in [2.05, 4.69) is 0 Å². The van der Waals surface area contributed by atoms with Crippen LogP contribution in [0.2, 0.25) is 0 Å². The highest BCUT2D eigenvalue weighted by atomic mass is 16.6. The number of nitrogens with zero attached hydrogens (tertiary/aromatic N) is 3. The van der Waals surface area contributed by atoms with E-state index in [0.717, 1.165) is 0 Å². The maximum Gasteiger partial charge on any atom is 0.269 e. The lowest BCUT2D eigenvalue weighted by molar-refractivity contribution is -0.384. The van der Waals surface area contributed by atoms with Crippen LogP contribution in [0.3, 0.4) is 0 Å². The number of rotatable bonds is 2. The predicted octanol–water partition coefficient (Wildman–Crippen LogP) is 3.43. The van der Waals surface area contributed by atoms with Gasteiger partial charge >= 0.3 is 0 Å². The summed E-state index contributed by atoms with van der Waals surface area (Å²) in [6, 6.07) is 15.1. The third kappa shape index (κ3) is 2.41. The zero-order valence-corrected chi connectivity index (χ0v) is 14.7. The second-order valence-electron chi connectivity index (χ2n) is 6.36. The van der Waals surface area contributed by atoms with Gasteiger partial charge in [0, 0.05) is 24.4 Å². The van der Waals surface area contributed by atoms with Crippen molar-refractivity contribution in [1.29, 1.82) is 5.26 Å². The number of nitrogens with two attached hydrogens (primary N) is 1. The molecule has 1 aromatic heterocycles. The third-order valence-corrected chi connectivity index (χ3v) is 4.75. The number of carbonyl (C=O) groups is 1. The second kappa shape index (κ2) is 6.25. The number of nitro groups is 1. The number of aromatic nitrogens is 1. The van der Waals surface area contributed by atoms with Crippen molar-refractivity contribution in [3.8, 4) is 11.8 Å². The second-order valence-corrected chi connectivity index (χ2v) is 6.36. The zero-order valence-electron chi connectivity index (χ0n) is 14.7. The molecular weight excluding hydrogens is 360 g/mol. The molecule has 2 aromatic carbocycles. The Balaban J connectivity index is 2.10. The molecule has 0 bridgehead atoms. The van der Waals surface area contributed by atoms with Gasteiger partial charge in [-0.2, -0.15) is 5.26 Å². The monoisotopic (exact) mass is 374 g/mol. The summed E-state index contributed by atoms with van der Waals surface area (Å²) in [5, 5.41) is 21.6. The van der Waals surface area contributed by atoms with E-state index in [0.29, 0.717) is 27.9 Å². The van der Waals surface area contributed by atoms with Gasteiger partial charge in [-0.25, -0.2) is 0 Å². The molecule has 0 aliphatic carbocycles. The van der Waals surface area contributed by atoms with Gasteiger partial charge in [-0.3, -0.25) is 19.5 Å². The van der Waals surface area contributed by atoms with E-state index in [4.69, 9.17) is 10.5 Å². The number of hydrogen-bond donors (Lipinski definition) is 1. The first-order chi connectivity index (χ1) is 13.4. The number of ether oxygens (including phenoxy) is 1. The molecule has 0 radical (unpaired) electrons. The third-order valence-electron chi connectivity index (χ3n) is 4.75. The number of para-hydroxylation sites is 1. The highest BCUT2D eigenvalue weighted by Gasteiger charge is 2.37. The van der Waals surface area contributed by atoms with E-state index >= 15 is 0 Å². The van der Waals surface area contributed by atoms with Crippen molar-refractivity contribution in [2.24, 2.45) is 5.73 Å². The molecule has 2 N–H and O–H groups in total. The summed E-state index contributed by atoms with van der Waals surface area (Å²) in [5.74, 6) is -0.754. The summed E-state index contributed by atoms with van der Waals surface area (Å²) in [4.78, 5) is 23.2. The lowest BCUT2D eigenvalue weighted by Gasteiger charge is -2.25. The average molecular weight is 374 g/mol. The molecule has 1 aliphatic heterocycles. The molecule has 0 saturated carbocycles. The number of nitro benzene ring substituents is 1. The van der Waals surface area contributed by atoms with Crippen LogP contribution in [0.15, 0.2) is 60.0 Å². The van der Waals surface area contributed by atoms with Crippen molar-refractivity contribution >= 4 is 22.5 Å². The molecule has 2 heterocycles. The minimum absolute atomic E-state index is 0.0852. The maximum absolute atomic E-state index is 12.5. The summed E-state index contributed by atoms with van der Waals surface area (Å²) < 4.78 is 7.21. The molecule has 8 heteroatoms. The maximum atomic E-state index is 12.5. The first-order valence-corrected chi connectivity index (χ1v) is 8.40. The molecule has 138 valence electrons. The largest absolute Gasteiger partial charge is 0.438 e.